The van der Waals surface area contributed by atoms with Gasteiger partial charge in [0.05, 0.1) is 5.25 Å². The lowest BCUT2D eigenvalue weighted by molar-refractivity contribution is 0.547. The van der Waals surface area contributed by atoms with Crippen LogP contribution in [0.5, 0.6) is 0 Å². The number of rotatable bonds is 7. The van der Waals surface area contributed by atoms with Crippen molar-refractivity contribution in [1.82, 2.24) is 10.0 Å². The van der Waals surface area contributed by atoms with E-state index in [4.69, 9.17) is 0 Å². The van der Waals surface area contributed by atoms with E-state index in [2.05, 4.69) is 10.0 Å². The SMILES string of the molecule is CCNCC(C)S(=O)(=O)NC(C)c1ccc(C)cc1. The maximum absolute atomic E-state index is 12.1. The summed E-state index contributed by atoms with van der Waals surface area (Å²) in [6, 6.07) is 7.67. The Kier molecular flexibility index (Phi) is 5.97. The van der Waals surface area contributed by atoms with Crippen LogP contribution in [0.3, 0.4) is 0 Å². The van der Waals surface area contributed by atoms with Crippen molar-refractivity contribution in [3.05, 3.63) is 35.4 Å². The first-order valence-corrected chi connectivity index (χ1v) is 8.20. The van der Waals surface area contributed by atoms with Crippen molar-refractivity contribution >= 4 is 10.0 Å². The van der Waals surface area contributed by atoms with Crippen LogP contribution in [0.1, 0.15) is 37.9 Å². The second kappa shape index (κ2) is 7.03. The fourth-order valence-electron chi connectivity index (χ4n) is 1.74. The molecule has 4 nitrogen and oxygen atoms in total. The minimum atomic E-state index is -3.30. The Morgan fingerprint density at radius 3 is 2.26 bits per heavy atom. The third-order valence-electron chi connectivity index (χ3n) is 3.13. The Hall–Kier alpha value is -0.910. The molecule has 0 saturated carbocycles. The van der Waals surface area contributed by atoms with E-state index in [-0.39, 0.29) is 6.04 Å². The Morgan fingerprint density at radius 2 is 1.74 bits per heavy atom. The number of hydrogen-bond acceptors (Lipinski definition) is 3. The van der Waals surface area contributed by atoms with Gasteiger partial charge in [-0.3, -0.25) is 0 Å². The average molecular weight is 284 g/mol. The summed E-state index contributed by atoms with van der Waals surface area (Å²) in [7, 11) is -3.30. The fourth-order valence-corrected chi connectivity index (χ4v) is 2.94. The fraction of sp³-hybridized carbons (Fsp3) is 0.571. The molecule has 2 unspecified atom stereocenters. The van der Waals surface area contributed by atoms with Gasteiger partial charge in [0.2, 0.25) is 10.0 Å². The van der Waals surface area contributed by atoms with Crippen LogP contribution >= 0.6 is 0 Å². The van der Waals surface area contributed by atoms with E-state index in [1.165, 1.54) is 5.56 Å². The first-order valence-electron chi connectivity index (χ1n) is 6.65. The normalized spacial score (nSPS) is 15.2. The molecule has 0 aliphatic carbocycles. The van der Waals surface area contributed by atoms with Crippen LogP contribution in [-0.2, 0) is 10.0 Å². The maximum atomic E-state index is 12.1. The van der Waals surface area contributed by atoms with Gasteiger partial charge in [0.25, 0.3) is 0 Å². The number of benzene rings is 1. The zero-order valence-electron chi connectivity index (χ0n) is 12.1. The van der Waals surface area contributed by atoms with E-state index in [1.807, 2.05) is 45.0 Å². The van der Waals surface area contributed by atoms with Crippen LogP contribution in [0.2, 0.25) is 0 Å². The molecule has 5 heteroatoms. The zero-order chi connectivity index (χ0) is 14.5. The average Bonchev–Trinajstić information content (AvgIpc) is 2.36. The van der Waals surface area contributed by atoms with Crippen LogP contribution in [0.25, 0.3) is 0 Å². The molecule has 0 spiro atoms. The number of sulfonamides is 1. The van der Waals surface area contributed by atoms with Gasteiger partial charge in [0, 0.05) is 12.6 Å². The second-order valence-corrected chi connectivity index (χ2v) is 7.04. The molecule has 108 valence electrons. The van der Waals surface area contributed by atoms with Gasteiger partial charge >= 0.3 is 0 Å². The third-order valence-corrected chi connectivity index (χ3v) is 5.04. The summed E-state index contributed by atoms with van der Waals surface area (Å²) in [6.07, 6.45) is 0. The van der Waals surface area contributed by atoms with Crippen molar-refractivity contribution in [2.45, 2.75) is 39.0 Å². The molecule has 0 aliphatic rings. The molecular formula is C14H24N2O2S. The monoisotopic (exact) mass is 284 g/mol. The van der Waals surface area contributed by atoms with Crippen molar-refractivity contribution < 1.29 is 8.42 Å². The van der Waals surface area contributed by atoms with E-state index >= 15 is 0 Å². The lowest BCUT2D eigenvalue weighted by atomic mass is 10.1. The first-order chi connectivity index (χ1) is 8.86. The van der Waals surface area contributed by atoms with Crippen LogP contribution in [0.15, 0.2) is 24.3 Å². The van der Waals surface area contributed by atoms with Gasteiger partial charge in [-0.25, -0.2) is 13.1 Å². The van der Waals surface area contributed by atoms with Gasteiger partial charge in [0.1, 0.15) is 0 Å². The largest absolute Gasteiger partial charge is 0.316 e. The van der Waals surface area contributed by atoms with E-state index in [0.29, 0.717) is 6.54 Å². The summed E-state index contributed by atoms with van der Waals surface area (Å²) >= 11 is 0. The van der Waals surface area contributed by atoms with Crippen molar-refractivity contribution in [3.63, 3.8) is 0 Å². The van der Waals surface area contributed by atoms with Gasteiger partial charge < -0.3 is 5.32 Å². The molecule has 19 heavy (non-hydrogen) atoms. The molecule has 0 aliphatic heterocycles. The molecule has 2 N–H and O–H groups in total. The van der Waals surface area contributed by atoms with Gasteiger partial charge in [-0.05, 0) is 32.9 Å². The summed E-state index contributed by atoms with van der Waals surface area (Å²) < 4.78 is 27.0. The second-order valence-electron chi connectivity index (χ2n) is 4.91. The summed E-state index contributed by atoms with van der Waals surface area (Å²) in [5, 5.41) is 2.61. The highest BCUT2D eigenvalue weighted by molar-refractivity contribution is 7.90. The summed E-state index contributed by atoms with van der Waals surface area (Å²) in [4.78, 5) is 0. The van der Waals surface area contributed by atoms with Gasteiger partial charge in [-0.1, -0.05) is 36.8 Å². The maximum Gasteiger partial charge on any atom is 0.216 e. The lowest BCUT2D eigenvalue weighted by Gasteiger charge is -2.19. The van der Waals surface area contributed by atoms with Gasteiger partial charge in [-0.15, -0.1) is 0 Å². The van der Waals surface area contributed by atoms with Crippen molar-refractivity contribution in [1.29, 1.82) is 0 Å². The highest BCUT2D eigenvalue weighted by Gasteiger charge is 2.22. The molecule has 0 aromatic heterocycles. The Bertz CT molecular complexity index is 483. The summed E-state index contributed by atoms with van der Waals surface area (Å²) in [6.45, 7) is 8.79. The van der Waals surface area contributed by atoms with E-state index < -0.39 is 15.3 Å². The molecule has 1 aromatic carbocycles. The molecule has 0 heterocycles. The highest BCUT2D eigenvalue weighted by atomic mass is 32.2. The lowest BCUT2D eigenvalue weighted by Crippen LogP contribution is -2.39. The van der Waals surface area contributed by atoms with Crippen molar-refractivity contribution in [2.24, 2.45) is 0 Å². The highest BCUT2D eigenvalue weighted by Crippen LogP contribution is 2.15. The van der Waals surface area contributed by atoms with Crippen LogP contribution < -0.4 is 10.0 Å². The molecule has 1 aromatic rings. The number of nitrogens with one attached hydrogen (secondary N) is 2. The Balaban J connectivity index is 2.69. The number of hydrogen-bond donors (Lipinski definition) is 2. The zero-order valence-corrected chi connectivity index (χ0v) is 12.9. The first kappa shape index (κ1) is 16.1. The topological polar surface area (TPSA) is 58.2 Å². The molecule has 1 rings (SSSR count). The predicted molar refractivity (Wildman–Crippen MR) is 79.7 cm³/mol. The molecular weight excluding hydrogens is 260 g/mol. The molecule has 0 radical (unpaired) electrons. The summed E-state index contributed by atoms with van der Waals surface area (Å²) in [5.74, 6) is 0. The third kappa shape index (κ3) is 4.93. The smallest absolute Gasteiger partial charge is 0.216 e. The molecule has 0 saturated heterocycles. The quantitative estimate of drug-likeness (QED) is 0.805. The molecule has 0 amide bonds. The molecule has 0 bridgehead atoms. The molecule has 2 atom stereocenters. The van der Waals surface area contributed by atoms with E-state index in [0.717, 1.165) is 12.1 Å². The summed E-state index contributed by atoms with van der Waals surface area (Å²) in [5.41, 5.74) is 2.14. The van der Waals surface area contributed by atoms with E-state index in [1.54, 1.807) is 6.92 Å². The predicted octanol–water partition coefficient (Wildman–Crippen LogP) is 1.97. The Labute approximate surface area is 116 Å². The van der Waals surface area contributed by atoms with Crippen LogP contribution in [0.4, 0.5) is 0 Å². The van der Waals surface area contributed by atoms with Crippen LogP contribution in [0, 0.1) is 6.92 Å². The van der Waals surface area contributed by atoms with Crippen LogP contribution in [-0.4, -0.2) is 26.8 Å². The van der Waals surface area contributed by atoms with Crippen molar-refractivity contribution in [3.8, 4) is 0 Å². The standard InChI is InChI=1S/C14H24N2O2S/c1-5-15-10-12(3)19(17,18)16-13(4)14-8-6-11(2)7-9-14/h6-9,12-13,15-16H,5,10H2,1-4H3. The van der Waals surface area contributed by atoms with Gasteiger partial charge in [-0.2, -0.15) is 0 Å². The van der Waals surface area contributed by atoms with E-state index in [9.17, 15) is 8.42 Å². The van der Waals surface area contributed by atoms with Crippen molar-refractivity contribution in [2.75, 3.05) is 13.1 Å². The minimum absolute atomic E-state index is 0.213. The van der Waals surface area contributed by atoms with Gasteiger partial charge in [0.15, 0.2) is 0 Å². The number of aryl methyl sites for hydroxylation is 1. The minimum Gasteiger partial charge on any atom is -0.316 e. The molecule has 0 fully saturated rings. The Morgan fingerprint density at radius 1 is 1.16 bits per heavy atom.